The molecule has 0 radical (unpaired) electrons. The number of hydrogen-bond acceptors (Lipinski definition) is 4. The molecule has 1 unspecified atom stereocenters. The van der Waals surface area contributed by atoms with E-state index in [0.29, 0.717) is 18.9 Å². The Balaban J connectivity index is 1.88. The topological polar surface area (TPSA) is 47.9 Å². The van der Waals surface area contributed by atoms with E-state index in [0.717, 1.165) is 25.0 Å². The van der Waals surface area contributed by atoms with Crippen molar-refractivity contribution in [1.29, 1.82) is 0 Å². The second-order valence-electron chi connectivity index (χ2n) is 4.92. The quantitative estimate of drug-likeness (QED) is 0.669. The van der Waals surface area contributed by atoms with Gasteiger partial charge in [0.2, 0.25) is 0 Å². The van der Waals surface area contributed by atoms with Crippen molar-refractivity contribution >= 4 is 11.7 Å². The normalized spacial score (nSPS) is 27.5. The van der Waals surface area contributed by atoms with Crippen molar-refractivity contribution in [2.75, 3.05) is 6.61 Å². The molecule has 4 nitrogen and oxygen atoms in total. The lowest BCUT2D eigenvalue weighted by atomic mass is 9.86. The van der Waals surface area contributed by atoms with Crippen LogP contribution in [-0.2, 0) is 14.4 Å². The van der Waals surface area contributed by atoms with Gasteiger partial charge < -0.3 is 9.57 Å². The molecule has 1 saturated carbocycles. The second kappa shape index (κ2) is 5.07. The van der Waals surface area contributed by atoms with Crippen LogP contribution in [0, 0.1) is 5.92 Å². The zero-order chi connectivity index (χ0) is 12.3. The molecule has 1 fully saturated rings. The molecule has 0 spiro atoms. The van der Waals surface area contributed by atoms with E-state index >= 15 is 0 Å². The predicted octanol–water partition coefficient (Wildman–Crippen LogP) is 2.66. The third kappa shape index (κ3) is 2.79. The fourth-order valence-electron chi connectivity index (χ4n) is 2.47. The molecule has 0 amide bonds. The molecule has 0 aromatic carbocycles. The lowest BCUT2D eigenvalue weighted by Crippen LogP contribution is -2.32. The minimum atomic E-state index is -0.196. The summed E-state index contributed by atoms with van der Waals surface area (Å²) in [5, 5.41) is 4.16. The van der Waals surface area contributed by atoms with Crippen LogP contribution in [0.1, 0.15) is 52.4 Å². The van der Waals surface area contributed by atoms with Crippen molar-refractivity contribution < 1.29 is 14.4 Å². The Morgan fingerprint density at radius 1 is 1.53 bits per heavy atom. The van der Waals surface area contributed by atoms with Crippen LogP contribution in [0.4, 0.5) is 0 Å². The Bertz CT molecular complexity index is 323. The van der Waals surface area contributed by atoms with Crippen molar-refractivity contribution in [2.24, 2.45) is 11.1 Å². The molecule has 4 heteroatoms. The van der Waals surface area contributed by atoms with Gasteiger partial charge in [-0.1, -0.05) is 12.1 Å². The van der Waals surface area contributed by atoms with Crippen LogP contribution >= 0.6 is 0 Å². The summed E-state index contributed by atoms with van der Waals surface area (Å²) in [6.07, 6.45) is 5.42. The summed E-state index contributed by atoms with van der Waals surface area (Å²) in [6, 6.07) is 0. The average Bonchev–Trinajstić information content (AvgIpc) is 3.09. The Morgan fingerprint density at radius 3 is 2.82 bits per heavy atom. The molecule has 0 N–H and O–H groups in total. The van der Waals surface area contributed by atoms with Gasteiger partial charge in [0.1, 0.15) is 5.60 Å². The Labute approximate surface area is 102 Å². The van der Waals surface area contributed by atoms with Crippen molar-refractivity contribution in [3.05, 3.63) is 0 Å². The van der Waals surface area contributed by atoms with Crippen LogP contribution in [0.5, 0.6) is 0 Å². The second-order valence-corrected chi connectivity index (χ2v) is 4.92. The summed E-state index contributed by atoms with van der Waals surface area (Å²) in [5.41, 5.74) is 0.929. The van der Waals surface area contributed by atoms with Crippen LogP contribution in [0.2, 0.25) is 0 Å². The molecule has 1 aliphatic carbocycles. The van der Waals surface area contributed by atoms with Crippen LogP contribution in [0.3, 0.4) is 0 Å². The molecular formula is C13H21NO3. The molecule has 0 bridgehead atoms. The molecular weight excluding hydrogens is 218 g/mol. The molecule has 2 aliphatic rings. The van der Waals surface area contributed by atoms with E-state index in [4.69, 9.17) is 9.57 Å². The van der Waals surface area contributed by atoms with Crippen LogP contribution < -0.4 is 0 Å². The van der Waals surface area contributed by atoms with E-state index < -0.39 is 0 Å². The fourth-order valence-corrected chi connectivity index (χ4v) is 2.47. The van der Waals surface area contributed by atoms with Gasteiger partial charge in [0.15, 0.2) is 0 Å². The van der Waals surface area contributed by atoms with E-state index in [-0.39, 0.29) is 11.6 Å². The summed E-state index contributed by atoms with van der Waals surface area (Å²) in [6.45, 7) is 4.38. The zero-order valence-electron chi connectivity index (χ0n) is 10.7. The van der Waals surface area contributed by atoms with Gasteiger partial charge in [-0.3, -0.25) is 4.79 Å². The van der Waals surface area contributed by atoms with Crippen LogP contribution in [0.25, 0.3) is 0 Å². The van der Waals surface area contributed by atoms with E-state index in [1.54, 1.807) is 0 Å². The molecule has 1 heterocycles. The number of esters is 1. The number of hydrogen-bond donors (Lipinski definition) is 0. The van der Waals surface area contributed by atoms with Gasteiger partial charge in [-0.15, -0.1) is 0 Å². The van der Waals surface area contributed by atoms with Crippen molar-refractivity contribution in [2.45, 2.75) is 58.0 Å². The van der Waals surface area contributed by atoms with Gasteiger partial charge in [-0.2, -0.15) is 0 Å². The third-order valence-corrected chi connectivity index (χ3v) is 3.65. The Morgan fingerprint density at radius 2 is 2.29 bits per heavy atom. The highest BCUT2D eigenvalue weighted by atomic mass is 16.7. The molecule has 0 saturated heterocycles. The molecule has 1 atom stereocenters. The summed E-state index contributed by atoms with van der Waals surface area (Å²) >= 11 is 0. The number of rotatable bonds is 6. The van der Waals surface area contributed by atoms with Crippen molar-refractivity contribution in [3.63, 3.8) is 0 Å². The van der Waals surface area contributed by atoms with E-state index in [2.05, 4.69) is 12.1 Å². The highest BCUT2D eigenvalue weighted by Crippen LogP contribution is 2.49. The van der Waals surface area contributed by atoms with E-state index in [1.807, 2.05) is 6.92 Å². The first-order valence-electron chi connectivity index (χ1n) is 6.59. The Hall–Kier alpha value is -1.06. The van der Waals surface area contributed by atoms with Crippen molar-refractivity contribution in [3.8, 4) is 0 Å². The molecule has 2 rings (SSSR count). The zero-order valence-corrected chi connectivity index (χ0v) is 10.7. The summed E-state index contributed by atoms with van der Waals surface area (Å²) in [7, 11) is 0. The van der Waals surface area contributed by atoms with Crippen LogP contribution in [0.15, 0.2) is 5.16 Å². The van der Waals surface area contributed by atoms with Gasteiger partial charge in [0, 0.05) is 25.2 Å². The summed E-state index contributed by atoms with van der Waals surface area (Å²) in [4.78, 5) is 17.1. The van der Waals surface area contributed by atoms with Gasteiger partial charge in [0.25, 0.3) is 0 Å². The fraction of sp³-hybridized carbons (Fsp3) is 0.846. The maximum atomic E-state index is 11.4. The lowest BCUT2D eigenvalue weighted by Gasteiger charge is -2.26. The maximum Gasteiger partial charge on any atom is 0.305 e. The highest BCUT2D eigenvalue weighted by Gasteiger charge is 2.50. The Kier molecular flexibility index (Phi) is 3.69. The molecule has 1 aliphatic heterocycles. The molecule has 17 heavy (non-hydrogen) atoms. The largest absolute Gasteiger partial charge is 0.466 e. The number of nitrogens with zero attached hydrogens (tertiary/aromatic N) is 1. The van der Waals surface area contributed by atoms with Crippen LogP contribution in [-0.4, -0.2) is 23.9 Å². The van der Waals surface area contributed by atoms with Gasteiger partial charge in [-0.25, -0.2) is 0 Å². The lowest BCUT2D eigenvalue weighted by molar-refractivity contribution is -0.145. The third-order valence-electron chi connectivity index (χ3n) is 3.65. The number of carbonyl (C=O) groups excluding carboxylic acids is 1. The highest BCUT2D eigenvalue weighted by molar-refractivity contribution is 5.86. The van der Waals surface area contributed by atoms with E-state index in [9.17, 15) is 4.79 Å². The molecule has 0 aromatic heterocycles. The van der Waals surface area contributed by atoms with Gasteiger partial charge >= 0.3 is 5.97 Å². The standard InChI is InChI=1S/C13H21NO3/c1-3-11-9-13(17-14-11,10-5-6-10)8-7-12(15)16-4-2/h10H,3-9H2,1-2H3. The van der Waals surface area contributed by atoms with Gasteiger partial charge in [-0.05, 0) is 26.2 Å². The summed E-state index contributed by atoms with van der Waals surface area (Å²) in [5.74, 6) is 0.464. The SMILES string of the molecule is CCOC(=O)CCC1(C2CC2)CC(CC)=NO1. The number of oxime groups is 1. The molecule has 96 valence electrons. The smallest absolute Gasteiger partial charge is 0.305 e. The van der Waals surface area contributed by atoms with Crippen molar-refractivity contribution in [1.82, 2.24) is 0 Å². The number of carbonyl (C=O) groups is 1. The minimum Gasteiger partial charge on any atom is -0.466 e. The maximum absolute atomic E-state index is 11.4. The monoisotopic (exact) mass is 239 g/mol. The first-order chi connectivity index (χ1) is 8.20. The minimum absolute atomic E-state index is 0.124. The average molecular weight is 239 g/mol. The predicted molar refractivity (Wildman–Crippen MR) is 64.8 cm³/mol. The molecule has 0 aromatic rings. The van der Waals surface area contributed by atoms with E-state index in [1.165, 1.54) is 12.8 Å². The first-order valence-corrected chi connectivity index (χ1v) is 6.59. The first kappa shape index (κ1) is 12.4. The summed E-state index contributed by atoms with van der Waals surface area (Å²) < 4.78 is 4.97. The van der Waals surface area contributed by atoms with Gasteiger partial charge in [0.05, 0.1) is 12.3 Å². The number of ether oxygens (including phenoxy) is 1.